The molecule has 0 amide bonds. The third-order valence-electron chi connectivity index (χ3n) is 2.70. The second-order valence-electron chi connectivity index (χ2n) is 4.14. The maximum Gasteiger partial charge on any atom is 0.340 e. The molecule has 0 aliphatic heterocycles. The van der Waals surface area contributed by atoms with Crippen molar-refractivity contribution in [2.24, 2.45) is 0 Å². The van der Waals surface area contributed by atoms with E-state index in [9.17, 15) is 4.79 Å². The number of nitrogen functional groups attached to an aromatic ring is 1. The Morgan fingerprint density at radius 2 is 1.83 bits per heavy atom. The van der Waals surface area contributed by atoms with Gasteiger partial charge in [-0.1, -0.05) is 13.8 Å². The van der Waals surface area contributed by atoms with Crippen LogP contribution in [0.15, 0.2) is 6.07 Å². The second-order valence-corrected chi connectivity index (χ2v) is 4.14. The van der Waals surface area contributed by atoms with Gasteiger partial charge < -0.3 is 19.9 Å². The number of carbonyl (C=O) groups excluding carboxylic acids is 1. The zero-order valence-electron chi connectivity index (χ0n) is 11.4. The Hall–Kier alpha value is -1.91. The van der Waals surface area contributed by atoms with Crippen LogP contribution in [-0.2, 0) is 4.74 Å². The molecule has 1 aromatic rings. The average molecular weight is 253 g/mol. The van der Waals surface area contributed by atoms with Gasteiger partial charge >= 0.3 is 5.97 Å². The van der Waals surface area contributed by atoms with Gasteiger partial charge in [0.2, 0.25) is 0 Å². The van der Waals surface area contributed by atoms with Gasteiger partial charge in [0, 0.05) is 11.6 Å². The van der Waals surface area contributed by atoms with Gasteiger partial charge in [0.15, 0.2) is 11.5 Å². The van der Waals surface area contributed by atoms with E-state index in [-0.39, 0.29) is 5.92 Å². The first-order valence-corrected chi connectivity index (χ1v) is 5.60. The zero-order valence-corrected chi connectivity index (χ0v) is 11.4. The monoisotopic (exact) mass is 253 g/mol. The topological polar surface area (TPSA) is 70.8 Å². The number of benzene rings is 1. The maximum atomic E-state index is 11.8. The van der Waals surface area contributed by atoms with Crippen molar-refractivity contribution in [1.82, 2.24) is 0 Å². The highest BCUT2D eigenvalue weighted by molar-refractivity contribution is 5.98. The highest BCUT2D eigenvalue weighted by Gasteiger charge is 2.25. The van der Waals surface area contributed by atoms with Crippen LogP contribution in [0.4, 0.5) is 5.69 Å². The Morgan fingerprint density at radius 1 is 1.22 bits per heavy atom. The van der Waals surface area contributed by atoms with E-state index in [0.717, 1.165) is 0 Å². The summed E-state index contributed by atoms with van der Waals surface area (Å²) < 4.78 is 15.3. The molecule has 100 valence electrons. The summed E-state index contributed by atoms with van der Waals surface area (Å²) in [5.41, 5.74) is 7.26. The summed E-state index contributed by atoms with van der Waals surface area (Å²) in [6, 6.07) is 1.57. The molecule has 0 aromatic heterocycles. The Morgan fingerprint density at radius 3 is 2.22 bits per heavy atom. The van der Waals surface area contributed by atoms with Gasteiger partial charge in [-0.25, -0.2) is 4.79 Å². The molecule has 0 radical (unpaired) electrons. The molecule has 0 atom stereocenters. The Bertz CT molecular complexity index is 455. The highest BCUT2D eigenvalue weighted by Crippen LogP contribution is 2.41. The lowest BCUT2D eigenvalue weighted by atomic mass is 9.94. The van der Waals surface area contributed by atoms with E-state index in [2.05, 4.69) is 0 Å². The van der Waals surface area contributed by atoms with Crippen LogP contribution in [0.2, 0.25) is 0 Å². The van der Waals surface area contributed by atoms with Gasteiger partial charge in [0.05, 0.1) is 32.6 Å². The number of hydrogen-bond donors (Lipinski definition) is 1. The normalized spacial score (nSPS) is 10.3. The van der Waals surface area contributed by atoms with E-state index in [4.69, 9.17) is 19.9 Å². The van der Waals surface area contributed by atoms with Crippen LogP contribution in [-0.4, -0.2) is 27.3 Å². The van der Waals surface area contributed by atoms with E-state index in [0.29, 0.717) is 28.3 Å². The fraction of sp³-hybridized carbons (Fsp3) is 0.462. The lowest BCUT2D eigenvalue weighted by Gasteiger charge is -2.20. The molecule has 1 rings (SSSR count). The van der Waals surface area contributed by atoms with Crippen molar-refractivity contribution in [3.05, 3.63) is 17.2 Å². The summed E-state index contributed by atoms with van der Waals surface area (Å²) in [6.07, 6.45) is 0. The molecule has 0 bridgehead atoms. The van der Waals surface area contributed by atoms with Gasteiger partial charge in [-0.2, -0.15) is 0 Å². The molecule has 0 saturated heterocycles. The van der Waals surface area contributed by atoms with Crippen LogP contribution in [0.5, 0.6) is 11.5 Å². The Kier molecular flexibility index (Phi) is 4.42. The van der Waals surface area contributed by atoms with Crippen molar-refractivity contribution >= 4 is 11.7 Å². The molecule has 5 nitrogen and oxygen atoms in total. The fourth-order valence-corrected chi connectivity index (χ4v) is 1.92. The Balaban J connectivity index is 3.64. The number of rotatable bonds is 4. The summed E-state index contributed by atoms with van der Waals surface area (Å²) in [5.74, 6) is 0.594. The first kappa shape index (κ1) is 14.2. The SMILES string of the molecule is COC(=O)c1c(N)cc(OC)c(OC)c1C(C)C. The predicted molar refractivity (Wildman–Crippen MR) is 69.4 cm³/mol. The number of methoxy groups -OCH3 is 3. The molecule has 5 heteroatoms. The molecule has 0 aliphatic rings. The molecule has 0 spiro atoms. The first-order chi connectivity index (χ1) is 8.47. The van der Waals surface area contributed by atoms with Crippen molar-refractivity contribution in [2.45, 2.75) is 19.8 Å². The summed E-state index contributed by atoms with van der Waals surface area (Å²) in [5, 5.41) is 0. The van der Waals surface area contributed by atoms with Gasteiger partial charge in [0.1, 0.15) is 0 Å². The molecule has 18 heavy (non-hydrogen) atoms. The number of esters is 1. The molecular weight excluding hydrogens is 234 g/mol. The smallest absolute Gasteiger partial charge is 0.340 e. The Labute approximate surface area is 107 Å². The third kappa shape index (κ3) is 2.34. The number of anilines is 1. The second kappa shape index (κ2) is 5.62. The number of carbonyl (C=O) groups is 1. The van der Waals surface area contributed by atoms with E-state index in [1.807, 2.05) is 13.8 Å². The molecule has 0 unspecified atom stereocenters. The van der Waals surface area contributed by atoms with E-state index < -0.39 is 5.97 Å². The van der Waals surface area contributed by atoms with E-state index in [1.165, 1.54) is 21.3 Å². The molecular formula is C13H19NO4. The fourth-order valence-electron chi connectivity index (χ4n) is 1.92. The van der Waals surface area contributed by atoms with Crippen LogP contribution < -0.4 is 15.2 Å². The zero-order chi connectivity index (χ0) is 13.9. The summed E-state index contributed by atoms with van der Waals surface area (Å²) >= 11 is 0. The highest BCUT2D eigenvalue weighted by atomic mass is 16.5. The number of ether oxygens (including phenoxy) is 3. The summed E-state index contributed by atoms with van der Waals surface area (Å²) in [6.45, 7) is 3.90. The largest absolute Gasteiger partial charge is 0.493 e. The van der Waals surface area contributed by atoms with E-state index in [1.54, 1.807) is 6.07 Å². The van der Waals surface area contributed by atoms with Crippen molar-refractivity contribution in [3.8, 4) is 11.5 Å². The quantitative estimate of drug-likeness (QED) is 0.658. The van der Waals surface area contributed by atoms with Crippen LogP contribution >= 0.6 is 0 Å². The van der Waals surface area contributed by atoms with Gasteiger partial charge in [-0.3, -0.25) is 0 Å². The number of hydrogen-bond acceptors (Lipinski definition) is 5. The molecule has 1 aromatic carbocycles. The minimum atomic E-state index is -0.475. The van der Waals surface area contributed by atoms with Gasteiger partial charge in [-0.05, 0) is 5.92 Å². The average Bonchev–Trinajstić information content (AvgIpc) is 2.36. The lowest BCUT2D eigenvalue weighted by molar-refractivity contribution is 0.0599. The maximum absolute atomic E-state index is 11.8. The molecule has 2 N–H and O–H groups in total. The summed E-state index contributed by atoms with van der Waals surface area (Å²) in [7, 11) is 4.38. The number of nitrogens with two attached hydrogens (primary N) is 1. The molecule has 0 aliphatic carbocycles. The molecule has 0 saturated carbocycles. The lowest BCUT2D eigenvalue weighted by Crippen LogP contribution is -2.13. The van der Waals surface area contributed by atoms with Crippen LogP contribution in [0.25, 0.3) is 0 Å². The van der Waals surface area contributed by atoms with Crippen molar-refractivity contribution in [2.75, 3.05) is 27.1 Å². The first-order valence-electron chi connectivity index (χ1n) is 5.60. The minimum absolute atomic E-state index is 0.0476. The standard InChI is InChI=1S/C13H19NO4/c1-7(2)10-11(13(15)18-5)8(14)6-9(16-3)12(10)17-4/h6-7H,14H2,1-5H3. The molecule has 0 heterocycles. The van der Waals surface area contributed by atoms with Crippen LogP contribution in [0.1, 0.15) is 35.7 Å². The summed E-state index contributed by atoms with van der Waals surface area (Å²) in [4.78, 5) is 11.8. The predicted octanol–water partition coefficient (Wildman–Crippen LogP) is 2.20. The van der Waals surface area contributed by atoms with Crippen molar-refractivity contribution < 1.29 is 19.0 Å². The molecule has 0 fully saturated rings. The van der Waals surface area contributed by atoms with E-state index >= 15 is 0 Å². The van der Waals surface area contributed by atoms with Crippen LogP contribution in [0.3, 0.4) is 0 Å². The third-order valence-corrected chi connectivity index (χ3v) is 2.70. The van der Waals surface area contributed by atoms with Gasteiger partial charge in [0.25, 0.3) is 0 Å². The van der Waals surface area contributed by atoms with Crippen LogP contribution in [0, 0.1) is 0 Å². The van der Waals surface area contributed by atoms with Crippen molar-refractivity contribution in [1.29, 1.82) is 0 Å². The minimum Gasteiger partial charge on any atom is -0.493 e. The van der Waals surface area contributed by atoms with Crippen molar-refractivity contribution in [3.63, 3.8) is 0 Å². The van der Waals surface area contributed by atoms with Gasteiger partial charge in [-0.15, -0.1) is 0 Å².